The number of nitriles is 1. The topological polar surface area (TPSA) is 23.8 Å². The quantitative estimate of drug-likeness (QED) is 0.746. The first-order valence-electron chi connectivity index (χ1n) is 6.94. The molecule has 0 bridgehead atoms. The van der Waals surface area contributed by atoms with Gasteiger partial charge in [-0.3, -0.25) is 0 Å². The molecule has 1 saturated carbocycles. The fraction of sp³-hybridized carbons (Fsp3) is 0.562. The smallest absolute Gasteiger partial charge is 0.124 e. The van der Waals surface area contributed by atoms with Crippen molar-refractivity contribution in [1.29, 1.82) is 5.26 Å². The van der Waals surface area contributed by atoms with Crippen LogP contribution in [0.5, 0.6) is 0 Å². The minimum atomic E-state index is -0.258. The Morgan fingerprint density at radius 3 is 2.63 bits per heavy atom. The second-order valence-electron chi connectivity index (χ2n) is 5.66. The van der Waals surface area contributed by atoms with Crippen LogP contribution in [0.2, 0.25) is 0 Å². The SMILES string of the molecule is CCC1CCC(C#N)(Cc2ccc(F)cc2Br)CC1. The van der Waals surface area contributed by atoms with Crippen molar-refractivity contribution in [3.63, 3.8) is 0 Å². The van der Waals surface area contributed by atoms with Crippen LogP contribution in [0.1, 0.15) is 44.6 Å². The second-order valence-corrected chi connectivity index (χ2v) is 6.51. The maximum Gasteiger partial charge on any atom is 0.124 e. The van der Waals surface area contributed by atoms with Crippen molar-refractivity contribution in [2.45, 2.75) is 45.4 Å². The van der Waals surface area contributed by atoms with E-state index >= 15 is 0 Å². The van der Waals surface area contributed by atoms with Crippen molar-refractivity contribution < 1.29 is 4.39 Å². The minimum absolute atomic E-state index is 0.240. The Hall–Kier alpha value is -0.880. The maximum atomic E-state index is 13.1. The van der Waals surface area contributed by atoms with Crippen molar-refractivity contribution in [3.8, 4) is 6.07 Å². The van der Waals surface area contributed by atoms with Crippen LogP contribution < -0.4 is 0 Å². The summed E-state index contributed by atoms with van der Waals surface area (Å²) >= 11 is 3.40. The molecule has 3 heteroatoms. The molecule has 0 atom stereocenters. The summed E-state index contributed by atoms with van der Waals surface area (Å²) in [4.78, 5) is 0. The van der Waals surface area contributed by atoms with Crippen molar-refractivity contribution in [1.82, 2.24) is 0 Å². The molecule has 0 aromatic heterocycles. The van der Waals surface area contributed by atoms with Gasteiger partial charge in [0, 0.05) is 4.47 Å². The molecule has 102 valence electrons. The lowest BCUT2D eigenvalue weighted by Gasteiger charge is -2.35. The van der Waals surface area contributed by atoms with Gasteiger partial charge in [0.25, 0.3) is 0 Å². The van der Waals surface area contributed by atoms with E-state index in [4.69, 9.17) is 0 Å². The van der Waals surface area contributed by atoms with E-state index in [1.165, 1.54) is 18.6 Å². The van der Waals surface area contributed by atoms with E-state index in [-0.39, 0.29) is 11.2 Å². The van der Waals surface area contributed by atoms with E-state index in [0.717, 1.165) is 48.1 Å². The molecule has 0 N–H and O–H groups in total. The van der Waals surface area contributed by atoms with Crippen LogP contribution in [0.25, 0.3) is 0 Å². The van der Waals surface area contributed by atoms with Crippen LogP contribution in [0.3, 0.4) is 0 Å². The van der Waals surface area contributed by atoms with Gasteiger partial charge in [0.1, 0.15) is 5.82 Å². The van der Waals surface area contributed by atoms with Crippen LogP contribution in [-0.4, -0.2) is 0 Å². The molecule has 2 rings (SSSR count). The minimum Gasteiger partial charge on any atom is -0.207 e. The van der Waals surface area contributed by atoms with Gasteiger partial charge in [-0.05, 0) is 55.7 Å². The summed E-state index contributed by atoms with van der Waals surface area (Å²) in [5.74, 6) is 0.537. The van der Waals surface area contributed by atoms with Crippen molar-refractivity contribution in [2.75, 3.05) is 0 Å². The Balaban J connectivity index is 2.13. The first kappa shape index (κ1) is 14.5. The highest BCUT2D eigenvalue weighted by atomic mass is 79.9. The van der Waals surface area contributed by atoms with Crippen LogP contribution in [0.4, 0.5) is 4.39 Å². The van der Waals surface area contributed by atoms with E-state index < -0.39 is 0 Å². The largest absolute Gasteiger partial charge is 0.207 e. The molecule has 0 aliphatic heterocycles. The van der Waals surface area contributed by atoms with E-state index in [9.17, 15) is 9.65 Å². The highest BCUT2D eigenvalue weighted by Gasteiger charge is 2.35. The Kier molecular flexibility index (Phi) is 4.62. The fourth-order valence-electron chi connectivity index (χ4n) is 3.00. The molecule has 1 aromatic carbocycles. The van der Waals surface area contributed by atoms with Crippen molar-refractivity contribution >= 4 is 15.9 Å². The second kappa shape index (κ2) is 6.05. The van der Waals surface area contributed by atoms with Gasteiger partial charge in [0.2, 0.25) is 0 Å². The van der Waals surface area contributed by atoms with Crippen LogP contribution in [0.15, 0.2) is 22.7 Å². The van der Waals surface area contributed by atoms with Gasteiger partial charge >= 0.3 is 0 Å². The third kappa shape index (κ3) is 3.36. The summed E-state index contributed by atoms with van der Waals surface area (Å²) in [5, 5.41) is 9.57. The van der Waals surface area contributed by atoms with E-state index in [0.29, 0.717) is 0 Å². The Morgan fingerprint density at radius 2 is 2.11 bits per heavy atom. The zero-order chi connectivity index (χ0) is 13.9. The predicted octanol–water partition coefficient (Wildman–Crippen LogP) is 5.24. The van der Waals surface area contributed by atoms with E-state index in [2.05, 4.69) is 28.9 Å². The summed E-state index contributed by atoms with van der Waals surface area (Å²) in [6.07, 6.45) is 6.14. The average molecular weight is 324 g/mol. The third-order valence-corrected chi connectivity index (χ3v) is 5.16. The van der Waals surface area contributed by atoms with Gasteiger partial charge in [-0.2, -0.15) is 5.26 Å². The molecular formula is C16H19BrFN. The maximum absolute atomic E-state index is 13.1. The van der Waals surface area contributed by atoms with Gasteiger partial charge in [-0.25, -0.2) is 4.39 Å². The molecule has 1 fully saturated rings. The fourth-order valence-corrected chi connectivity index (χ4v) is 3.49. The molecule has 0 heterocycles. The number of nitrogens with zero attached hydrogens (tertiary/aromatic N) is 1. The van der Waals surface area contributed by atoms with Gasteiger partial charge in [-0.1, -0.05) is 35.3 Å². The Labute approximate surface area is 123 Å². The van der Waals surface area contributed by atoms with Gasteiger partial charge in [0.05, 0.1) is 11.5 Å². The monoisotopic (exact) mass is 323 g/mol. The third-order valence-electron chi connectivity index (χ3n) is 4.42. The highest BCUT2D eigenvalue weighted by Crippen LogP contribution is 2.42. The van der Waals surface area contributed by atoms with Crippen LogP contribution in [-0.2, 0) is 6.42 Å². The van der Waals surface area contributed by atoms with Gasteiger partial charge in [-0.15, -0.1) is 0 Å². The number of hydrogen-bond acceptors (Lipinski definition) is 1. The molecule has 0 spiro atoms. The lowest BCUT2D eigenvalue weighted by Crippen LogP contribution is -2.28. The summed E-state index contributed by atoms with van der Waals surface area (Å²) < 4.78 is 13.9. The standard InChI is InChI=1S/C16H19BrFN/c1-2-12-5-7-16(11-19,8-6-12)10-13-3-4-14(18)9-15(13)17/h3-4,9,12H,2,5-8,10H2,1H3. The molecular weight excluding hydrogens is 305 g/mol. The molecule has 1 nitrogen and oxygen atoms in total. The van der Waals surface area contributed by atoms with E-state index in [1.54, 1.807) is 6.07 Å². The number of halogens is 2. The lowest BCUT2D eigenvalue weighted by molar-refractivity contribution is 0.205. The summed E-state index contributed by atoms with van der Waals surface area (Å²) in [6, 6.07) is 7.29. The van der Waals surface area contributed by atoms with Gasteiger partial charge in [0.15, 0.2) is 0 Å². The Morgan fingerprint density at radius 1 is 1.42 bits per heavy atom. The molecule has 0 saturated heterocycles. The molecule has 1 aliphatic carbocycles. The average Bonchev–Trinajstić information content (AvgIpc) is 2.43. The summed E-state index contributed by atoms with van der Waals surface area (Å²) in [5.41, 5.74) is 0.782. The number of benzene rings is 1. The highest BCUT2D eigenvalue weighted by molar-refractivity contribution is 9.10. The van der Waals surface area contributed by atoms with Crippen LogP contribution in [0, 0.1) is 28.5 Å². The van der Waals surface area contributed by atoms with Gasteiger partial charge < -0.3 is 0 Å². The molecule has 0 radical (unpaired) electrons. The molecule has 0 amide bonds. The van der Waals surface area contributed by atoms with E-state index in [1.807, 2.05) is 0 Å². The number of hydrogen-bond donors (Lipinski definition) is 0. The first-order chi connectivity index (χ1) is 9.08. The molecule has 1 aromatic rings. The zero-order valence-corrected chi connectivity index (χ0v) is 12.8. The normalized spacial score (nSPS) is 26.9. The van der Waals surface area contributed by atoms with Crippen LogP contribution >= 0.6 is 15.9 Å². The van der Waals surface area contributed by atoms with Crippen molar-refractivity contribution in [2.24, 2.45) is 11.3 Å². The summed E-state index contributed by atoms with van der Waals surface area (Å²) in [6.45, 7) is 2.22. The first-order valence-corrected chi connectivity index (χ1v) is 7.73. The lowest BCUT2D eigenvalue weighted by atomic mass is 9.68. The number of rotatable bonds is 3. The predicted molar refractivity (Wildman–Crippen MR) is 78.1 cm³/mol. The Bertz CT molecular complexity index is 484. The molecule has 19 heavy (non-hydrogen) atoms. The molecule has 0 unspecified atom stereocenters. The molecule has 1 aliphatic rings. The summed E-state index contributed by atoms with van der Waals surface area (Å²) in [7, 11) is 0. The zero-order valence-electron chi connectivity index (χ0n) is 11.3. The van der Waals surface area contributed by atoms with Crippen molar-refractivity contribution in [3.05, 3.63) is 34.1 Å².